The molecule has 1 heterocycles. The number of hydrogen-bond acceptors (Lipinski definition) is 2. The monoisotopic (exact) mass is 422 g/mol. The second-order valence-electron chi connectivity index (χ2n) is 7.08. The van der Waals surface area contributed by atoms with Crippen LogP contribution in [0.15, 0.2) is 85.1 Å². The molecule has 0 saturated heterocycles. The molecule has 156 valence electrons. The molecule has 0 fully saturated rings. The predicted octanol–water partition coefficient (Wildman–Crippen LogP) is 6.70. The van der Waals surface area contributed by atoms with Crippen molar-refractivity contribution in [3.05, 3.63) is 112 Å². The van der Waals surface area contributed by atoms with E-state index in [1.54, 1.807) is 34.9 Å². The molecule has 3 aromatic carbocycles. The van der Waals surface area contributed by atoms with Crippen molar-refractivity contribution in [1.29, 1.82) is 0 Å². The average molecular weight is 422 g/mol. The first-order valence-electron chi connectivity index (χ1n) is 9.48. The molecule has 0 radical (unpaired) electrons. The van der Waals surface area contributed by atoms with Gasteiger partial charge in [0.25, 0.3) is 5.69 Å². The third kappa shape index (κ3) is 4.35. The van der Waals surface area contributed by atoms with Crippen LogP contribution in [0.1, 0.15) is 16.7 Å². The van der Waals surface area contributed by atoms with Crippen LogP contribution in [0.5, 0.6) is 0 Å². The number of allylic oxidation sites excluding steroid dienone is 1. The number of non-ortho nitro benzene ring substituents is 1. The Morgan fingerprint density at radius 2 is 1.61 bits per heavy atom. The Hall–Kier alpha value is -3.87. The van der Waals surface area contributed by atoms with E-state index in [0.717, 1.165) is 11.6 Å². The predicted molar refractivity (Wildman–Crippen MR) is 115 cm³/mol. The molecule has 0 aliphatic carbocycles. The summed E-state index contributed by atoms with van der Waals surface area (Å²) in [7, 11) is 0. The highest BCUT2D eigenvalue weighted by atomic mass is 19.4. The summed E-state index contributed by atoms with van der Waals surface area (Å²) in [6.45, 7) is 0.287. The Morgan fingerprint density at radius 1 is 0.968 bits per heavy atom. The van der Waals surface area contributed by atoms with Gasteiger partial charge in [-0.05, 0) is 23.3 Å². The minimum absolute atomic E-state index is 0.0165. The molecule has 0 spiro atoms. The zero-order valence-electron chi connectivity index (χ0n) is 16.2. The second kappa shape index (κ2) is 8.10. The highest BCUT2D eigenvalue weighted by Crippen LogP contribution is 2.40. The Bertz CT molecular complexity index is 1260. The lowest BCUT2D eigenvalue weighted by atomic mass is 10.0. The summed E-state index contributed by atoms with van der Waals surface area (Å²) in [5, 5.41) is 11.6. The summed E-state index contributed by atoms with van der Waals surface area (Å²) >= 11 is 0. The molecule has 1 aromatic heterocycles. The fraction of sp³-hybridized carbons (Fsp3) is 0.0833. The number of alkyl halides is 3. The SMILES string of the molecule is O=[N+]([O-])c1ccc2c(C(=Cc3ccccc3)C(F)(F)F)cn(Cc3ccccc3)c2c1. The van der Waals surface area contributed by atoms with E-state index in [1.165, 1.54) is 24.4 Å². The maximum absolute atomic E-state index is 14.1. The summed E-state index contributed by atoms with van der Waals surface area (Å²) in [5.41, 5.74) is 0.670. The van der Waals surface area contributed by atoms with Gasteiger partial charge in [0.15, 0.2) is 0 Å². The van der Waals surface area contributed by atoms with E-state index in [4.69, 9.17) is 0 Å². The number of hydrogen-bond donors (Lipinski definition) is 0. The fourth-order valence-corrected chi connectivity index (χ4v) is 3.55. The zero-order valence-corrected chi connectivity index (χ0v) is 16.2. The first-order chi connectivity index (χ1) is 14.8. The van der Waals surface area contributed by atoms with Gasteiger partial charge in [0, 0.05) is 35.8 Å². The molecule has 0 saturated carbocycles. The van der Waals surface area contributed by atoms with Crippen LogP contribution in [0.4, 0.5) is 18.9 Å². The highest BCUT2D eigenvalue weighted by Gasteiger charge is 2.36. The van der Waals surface area contributed by atoms with Crippen molar-refractivity contribution < 1.29 is 18.1 Å². The van der Waals surface area contributed by atoms with Gasteiger partial charge < -0.3 is 4.57 Å². The van der Waals surface area contributed by atoms with Crippen LogP contribution < -0.4 is 0 Å². The van der Waals surface area contributed by atoms with Gasteiger partial charge in [-0.3, -0.25) is 10.1 Å². The molecular weight excluding hydrogens is 405 g/mol. The van der Waals surface area contributed by atoms with Gasteiger partial charge in [0.1, 0.15) is 0 Å². The van der Waals surface area contributed by atoms with Crippen molar-refractivity contribution in [2.75, 3.05) is 0 Å². The standard InChI is InChI=1S/C24H17F3N2O2/c25-24(26,27)22(13-17-7-3-1-4-8-17)21-16-28(15-18-9-5-2-6-10-18)23-14-19(29(30)31)11-12-20(21)23/h1-14,16H,15H2. The van der Waals surface area contributed by atoms with Crippen molar-refractivity contribution in [2.45, 2.75) is 12.7 Å². The van der Waals surface area contributed by atoms with Gasteiger partial charge in [-0.15, -0.1) is 0 Å². The van der Waals surface area contributed by atoms with Crippen LogP contribution in [0.2, 0.25) is 0 Å². The summed E-state index contributed by atoms with van der Waals surface area (Å²) in [6.07, 6.45) is -2.09. The maximum atomic E-state index is 14.1. The van der Waals surface area contributed by atoms with Crippen molar-refractivity contribution in [3.8, 4) is 0 Å². The third-order valence-corrected chi connectivity index (χ3v) is 4.98. The molecule has 0 aliphatic heterocycles. The van der Waals surface area contributed by atoms with Crippen LogP contribution >= 0.6 is 0 Å². The molecule has 0 unspecified atom stereocenters. The van der Waals surface area contributed by atoms with Crippen molar-refractivity contribution >= 4 is 28.2 Å². The van der Waals surface area contributed by atoms with Gasteiger partial charge in [0.05, 0.1) is 16.0 Å². The number of rotatable bonds is 5. The Labute approximate surface area is 176 Å². The van der Waals surface area contributed by atoms with Gasteiger partial charge in [-0.1, -0.05) is 60.7 Å². The third-order valence-electron chi connectivity index (χ3n) is 4.98. The zero-order chi connectivity index (χ0) is 22.0. The van der Waals surface area contributed by atoms with E-state index in [2.05, 4.69) is 0 Å². The number of nitro groups is 1. The number of fused-ring (bicyclic) bond motifs is 1. The number of benzene rings is 3. The van der Waals surface area contributed by atoms with Gasteiger partial charge in [0.2, 0.25) is 0 Å². The van der Waals surface area contributed by atoms with E-state index in [0.29, 0.717) is 16.5 Å². The quantitative estimate of drug-likeness (QED) is 0.265. The normalized spacial score (nSPS) is 12.3. The molecule has 0 aliphatic rings. The highest BCUT2D eigenvalue weighted by molar-refractivity contribution is 5.99. The van der Waals surface area contributed by atoms with Gasteiger partial charge in [-0.2, -0.15) is 13.2 Å². The van der Waals surface area contributed by atoms with E-state index >= 15 is 0 Å². The number of halogens is 3. The van der Waals surface area contributed by atoms with E-state index < -0.39 is 16.7 Å². The first-order valence-corrected chi connectivity index (χ1v) is 9.48. The lowest BCUT2D eigenvalue weighted by molar-refractivity contribution is -0.384. The summed E-state index contributed by atoms with van der Waals surface area (Å²) in [5.74, 6) is 0. The minimum atomic E-state index is -4.61. The van der Waals surface area contributed by atoms with Gasteiger partial charge in [-0.25, -0.2) is 0 Å². The molecule has 0 N–H and O–H groups in total. The molecule has 4 nitrogen and oxygen atoms in total. The molecular formula is C24H17F3N2O2. The van der Waals surface area contributed by atoms with Crippen molar-refractivity contribution in [1.82, 2.24) is 4.57 Å². The van der Waals surface area contributed by atoms with Crippen LogP contribution in [0, 0.1) is 10.1 Å². The number of aromatic nitrogens is 1. The molecule has 7 heteroatoms. The van der Waals surface area contributed by atoms with Crippen molar-refractivity contribution in [2.24, 2.45) is 0 Å². The summed E-state index contributed by atoms with van der Waals surface area (Å²) in [6, 6.07) is 21.4. The molecule has 0 bridgehead atoms. The Morgan fingerprint density at radius 3 is 2.23 bits per heavy atom. The molecule has 31 heavy (non-hydrogen) atoms. The summed E-state index contributed by atoms with van der Waals surface area (Å²) in [4.78, 5) is 10.7. The van der Waals surface area contributed by atoms with E-state index in [1.807, 2.05) is 30.3 Å². The minimum Gasteiger partial charge on any atom is -0.342 e. The maximum Gasteiger partial charge on any atom is 0.417 e. The fourth-order valence-electron chi connectivity index (χ4n) is 3.55. The van der Waals surface area contributed by atoms with E-state index in [9.17, 15) is 23.3 Å². The van der Waals surface area contributed by atoms with Crippen molar-refractivity contribution in [3.63, 3.8) is 0 Å². The molecule has 4 rings (SSSR count). The number of nitro benzene ring substituents is 1. The van der Waals surface area contributed by atoms with Crippen LogP contribution in [-0.4, -0.2) is 15.7 Å². The van der Waals surface area contributed by atoms with Crippen LogP contribution in [-0.2, 0) is 6.54 Å². The topological polar surface area (TPSA) is 48.1 Å². The van der Waals surface area contributed by atoms with E-state index in [-0.39, 0.29) is 17.8 Å². The first kappa shape index (κ1) is 20.4. The van der Waals surface area contributed by atoms with Crippen LogP contribution in [0.25, 0.3) is 22.6 Å². The lowest BCUT2D eigenvalue weighted by Gasteiger charge is -2.11. The molecule has 0 atom stereocenters. The largest absolute Gasteiger partial charge is 0.417 e. The number of nitrogens with zero attached hydrogens (tertiary/aromatic N) is 2. The van der Waals surface area contributed by atoms with Gasteiger partial charge >= 0.3 is 6.18 Å². The summed E-state index contributed by atoms with van der Waals surface area (Å²) < 4.78 is 43.9. The average Bonchev–Trinajstić information content (AvgIpc) is 3.10. The molecule has 4 aromatic rings. The Balaban J connectivity index is 1.94. The second-order valence-corrected chi connectivity index (χ2v) is 7.08. The Kier molecular flexibility index (Phi) is 5.33. The van der Waals surface area contributed by atoms with Crippen LogP contribution in [0.3, 0.4) is 0 Å². The smallest absolute Gasteiger partial charge is 0.342 e. The molecule has 0 amide bonds. The lowest BCUT2D eigenvalue weighted by Crippen LogP contribution is -2.10.